The smallest absolute Gasteiger partial charge is 0.306 e. The molecule has 0 saturated heterocycles. The molecule has 0 bridgehead atoms. The summed E-state index contributed by atoms with van der Waals surface area (Å²) in [4.78, 5) is 23.2. The number of nitrogens with one attached hydrogen (secondary N) is 1. The lowest BCUT2D eigenvalue weighted by Gasteiger charge is -2.22. The van der Waals surface area contributed by atoms with Crippen LogP contribution >= 0.6 is 0 Å². The summed E-state index contributed by atoms with van der Waals surface area (Å²) in [6.07, 6.45) is 2.47. The first-order valence-electron chi connectivity index (χ1n) is 10.4. The molecule has 1 aliphatic carbocycles. The molecule has 0 spiro atoms. The van der Waals surface area contributed by atoms with Crippen LogP contribution in [0.1, 0.15) is 42.1 Å². The van der Waals surface area contributed by atoms with Crippen molar-refractivity contribution >= 4 is 11.9 Å². The van der Waals surface area contributed by atoms with Gasteiger partial charge in [0.2, 0.25) is 5.75 Å². The van der Waals surface area contributed by atoms with Gasteiger partial charge < -0.3 is 24.6 Å². The molecule has 0 aromatic heterocycles. The van der Waals surface area contributed by atoms with Crippen LogP contribution in [0.5, 0.6) is 17.2 Å². The third kappa shape index (κ3) is 4.04. The minimum Gasteiger partial charge on any atom is -0.493 e. The number of hydrogen-bond acceptors (Lipinski definition) is 5. The number of aliphatic carboxylic acids is 1. The Labute approximate surface area is 181 Å². The monoisotopic (exact) mass is 425 g/mol. The predicted molar refractivity (Wildman–Crippen MR) is 115 cm³/mol. The molecule has 1 unspecified atom stereocenters. The van der Waals surface area contributed by atoms with Crippen LogP contribution in [0.15, 0.2) is 30.3 Å². The SMILES string of the molecule is COc1ccc(-c2ccc3c(c2)CNC3=O)c(OCC2(CC(C)C(=O)O)CC2)c1OC. The molecular formula is C24H27NO6. The highest BCUT2D eigenvalue weighted by atomic mass is 16.5. The van der Waals surface area contributed by atoms with Crippen LogP contribution < -0.4 is 19.5 Å². The molecule has 164 valence electrons. The van der Waals surface area contributed by atoms with Gasteiger partial charge >= 0.3 is 5.97 Å². The number of methoxy groups -OCH3 is 2. The molecule has 0 radical (unpaired) electrons. The van der Waals surface area contributed by atoms with Crippen molar-refractivity contribution in [3.05, 3.63) is 41.5 Å². The van der Waals surface area contributed by atoms with Gasteiger partial charge in [0.25, 0.3) is 5.91 Å². The number of amides is 1. The molecule has 1 atom stereocenters. The number of rotatable bonds is 9. The van der Waals surface area contributed by atoms with Crippen LogP contribution in [0.2, 0.25) is 0 Å². The van der Waals surface area contributed by atoms with Gasteiger partial charge in [-0.05, 0) is 54.7 Å². The summed E-state index contributed by atoms with van der Waals surface area (Å²) < 4.78 is 17.4. The molecule has 1 heterocycles. The third-order valence-corrected chi connectivity index (χ3v) is 6.24. The van der Waals surface area contributed by atoms with Gasteiger partial charge in [-0.3, -0.25) is 9.59 Å². The van der Waals surface area contributed by atoms with E-state index in [2.05, 4.69) is 5.32 Å². The van der Waals surface area contributed by atoms with Crippen molar-refractivity contribution in [1.82, 2.24) is 5.32 Å². The van der Waals surface area contributed by atoms with Crippen LogP contribution in [0, 0.1) is 11.3 Å². The van der Waals surface area contributed by atoms with Crippen molar-refractivity contribution < 1.29 is 28.9 Å². The zero-order valence-corrected chi connectivity index (χ0v) is 18.0. The quantitative estimate of drug-likeness (QED) is 0.633. The average molecular weight is 425 g/mol. The Bertz CT molecular complexity index is 1030. The predicted octanol–water partition coefficient (Wildman–Crippen LogP) is 3.88. The van der Waals surface area contributed by atoms with Crippen LogP contribution in [0.25, 0.3) is 11.1 Å². The topological polar surface area (TPSA) is 94.1 Å². The standard InChI is InChI=1S/C24H27NO6/c1-14(23(27)28)11-24(8-9-24)13-31-20-17(6-7-19(29-2)21(20)30-3)15-4-5-18-16(10-15)12-25-22(18)26/h4-7,10,14H,8-9,11-13H2,1-3H3,(H,25,26)(H,27,28). The molecule has 2 aliphatic rings. The number of ether oxygens (including phenoxy) is 3. The van der Waals surface area contributed by atoms with Crippen molar-refractivity contribution in [2.24, 2.45) is 11.3 Å². The summed E-state index contributed by atoms with van der Waals surface area (Å²) in [7, 11) is 3.14. The summed E-state index contributed by atoms with van der Waals surface area (Å²) in [5, 5.41) is 12.1. The molecule has 31 heavy (non-hydrogen) atoms. The van der Waals surface area contributed by atoms with Gasteiger partial charge in [-0.1, -0.05) is 13.0 Å². The van der Waals surface area contributed by atoms with E-state index >= 15 is 0 Å². The van der Waals surface area contributed by atoms with Gasteiger partial charge in [0.1, 0.15) is 0 Å². The van der Waals surface area contributed by atoms with Crippen molar-refractivity contribution in [3.63, 3.8) is 0 Å². The lowest BCUT2D eigenvalue weighted by Crippen LogP contribution is -2.21. The maximum atomic E-state index is 11.9. The zero-order valence-electron chi connectivity index (χ0n) is 18.0. The number of carbonyl (C=O) groups excluding carboxylic acids is 1. The van der Waals surface area contributed by atoms with Crippen molar-refractivity contribution in [2.75, 3.05) is 20.8 Å². The van der Waals surface area contributed by atoms with E-state index in [1.165, 1.54) is 0 Å². The Morgan fingerprint density at radius 2 is 1.87 bits per heavy atom. The van der Waals surface area contributed by atoms with E-state index in [-0.39, 0.29) is 11.3 Å². The van der Waals surface area contributed by atoms with Crippen LogP contribution in [-0.4, -0.2) is 37.8 Å². The van der Waals surface area contributed by atoms with E-state index in [0.29, 0.717) is 42.4 Å². The lowest BCUT2D eigenvalue weighted by atomic mass is 9.94. The van der Waals surface area contributed by atoms with Gasteiger partial charge in [0, 0.05) is 23.1 Å². The van der Waals surface area contributed by atoms with E-state index in [1.54, 1.807) is 21.1 Å². The summed E-state index contributed by atoms with van der Waals surface area (Å²) >= 11 is 0. The number of carboxylic acids is 1. The number of benzene rings is 2. The molecule has 1 amide bonds. The number of carboxylic acid groups (broad SMARTS) is 1. The Hall–Kier alpha value is -3.22. The Balaban J connectivity index is 1.67. The minimum atomic E-state index is -0.785. The molecule has 2 N–H and O–H groups in total. The fourth-order valence-corrected chi connectivity index (χ4v) is 4.22. The van der Waals surface area contributed by atoms with Crippen LogP contribution in [0.4, 0.5) is 0 Å². The second kappa shape index (κ2) is 8.13. The molecule has 7 heteroatoms. The summed E-state index contributed by atoms with van der Waals surface area (Å²) in [6.45, 7) is 2.65. The molecule has 7 nitrogen and oxygen atoms in total. The van der Waals surface area contributed by atoms with Crippen molar-refractivity contribution in [1.29, 1.82) is 0 Å². The molecule has 2 aromatic carbocycles. The summed E-state index contributed by atoms with van der Waals surface area (Å²) in [5.74, 6) is 0.355. The number of hydrogen-bond donors (Lipinski definition) is 2. The molecule has 1 aliphatic heterocycles. The maximum Gasteiger partial charge on any atom is 0.306 e. The van der Waals surface area contributed by atoms with Gasteiger partial charge in [-0.2, -0.15) is 0 Å². The van der Waals surface area contributed by atoms with Gasteiger partial charge in [-0.25, -0.2) is 0 Å². The second-order valence-electron chi connectivity index (χ2n) is 8.46. The lowest BCUT2D eigenvalue weighted by molar-refractivity contribution is -0.141. The van der Waals surface area contributed by atoms with E-state index < -0.39 is 11.9 Å². The highest BCUT2D eigenvalue weighted by Crippen LogP contribution is 2.52. The highest BCUT2D eigenvalue weighted by molar-refractivity contribution is 5.99. The number of fused-ring (bicyclic) bond motifs is 1. The molecule has 2 aromatic rings. The van der Waals surface area contributed by atoms with E-state index in [1.807, 2.05) is 30.3 Å². The van der Waals surface area contributed by atoms with E-state index in [4.69, 9.17) is 14.2 Å². The number of carbonyl (C=O) groups is 2. The fourth-order valence-electron chi connectivity index (χ4n) is 4.22. The third-order valence-electron chi connectivity index (χ3n) is 6.24. The van der Waals surface area contributed by atoms with Crippen molar-refractivity contribution in [3.8, 4) is 28.4 Å². The summed E-state index contributed by atoms with van der Waals surface area (Å²) in [6, 6.07) is 9.46. The van der Waals surface area contributed by atoms with Crippen LogP contribution in [-0.2, 0) is 11.3 Å². The van der Waals surface area contributed by atoms with Gasteiger partial charge in [-0.15, -0.1) is 0 Å². The fraction of sp³-hybridized carbons (Fsp3) is 0.417. The largest absolute Gasteiger partial charge is 0.493 e. The van der Waals surface area contributed by atoms with Gasteiger partial charge in [0.05, 0.1) is 26.7 Å². The van der Waals surface area contributed by atoms with E-state index in [9.17, 15) is 14.7 Å². The Morgan fingerprint density at radius 3 is 2.52 bits per heavy atom. The molecule has 1 fully saturated rings. The molecule has 4 rings (SSSR count). The van der Waals surface area contributed by atoms with Crippen LogP contribution in [0.3, 0.4) is 0 Å². The normalized spacial score (nSPS) is 16.8. The Morgan fingerprint density at radius 1 is 1.13 bits per heavy atom. The minimum absolute atomic E-state index is 0.0615. The summed E-state index contributed by atoms with van der Waals surface area (Å²) in [5.41, 5.74) is 3.25. The first-order chi connectivity index (χ1) is 14.9. The second-order valence-corrected chi connectivity index (χ2v) is 8.46. The Kier molecular flexibility index (Phi) is 5.52. The zero-order chi connectivity index (χ0) is 22.2. The van der Waals surface area contributed by atoms with E-state index in [0.717, 1.165) is 29.5 Å². The molecule has 1 saturated carbocycles. The van der Waals surface area contributed by atoms with Crippen molar-refractivity contribution in [2.45, 2.75) is 32.7 Å². The van der Waals surface area contributed by atoms with Gasteiger partial charge in [0.15, 0.2) is 11.5 Å². The first kappa shape index (κ1) is 21.0. The average Bonchev–Trinajstić information content (AvgIpc) is 3.44. The maximum absolute atomic E-state index is 11.9. The first-order valence-corrected chi connectivity index (χ1v) is 10.4. The molecular weight excluding hydrogens is 398 g/mol. The highest BCUT2D eigenvalue weighted by Gasteiger charge is 2.45.